The van der Waals surface area contributed by atoms with Gasteiger partial charge in [0.1, 0.15) is 10.7 Å². The van der Waals surface area contributed by atoms with Crippen LogP contribution in [0.4, 0.5) is 0 Å². The van der Waals surface area contributed by atoms with Crippen LogP contribution in [0.3, 0.4) is 0 Å². The Morgan fingerprint density at radius 1 is 1.37 bits per heavy atom. The Labute approximate surface area is 117 Å². The average molecular weight is 273 g/mol. The van der Waals surface area contributed by atoms with Gasteiger partial charge < -0.3 is 5.32 Å². The molecule has 0 saturated heterocycles. The number of aromatic nitrogens is 1. The Bertz CT molecular complexity index is 640. The minimum Gasteiger partial charge on any atom is -0.369 e. The van der Waals surface area contributed by atoms with Gasteiger partial charge in [0.05, 0.1) is 11.4 Å². The third-order valence-electron chi connectivity index (χ3n) is 3.42. The lowest BCUT2D eigenvalue weighted by Crippen LogP contribution is -2.24. The van der Waals surface area contributed by atoms with E-state index in [-0.39, 0.29) is 0 Å². The molecular formula is C15H19N3S. The van der Waals surface area contributed by atoms with Crippen molar-refractivity contribution in [1.29, 1.82) is 0 Å². The van der Waals surface area contributed by atoms with E-state index in [4.69, 9.17) is 0 Å². The Morgan fingerprint density at radius 2 is 2.21 bits per heavy atom. The SMILES string of the molecule is Cc1ccc2c3c(sc2n1)C(NCCC(C)C)=NC3. The second-order valence-electron chi connectivity index (χ2n) is 5.49. The van der Waals surface area contributed by atoms with Crippen LogP contribution in [0, 0.1) is 12.8 Å². The molecule has 0 atom stereocenters. The van der Waals surface area contributed by atoms with Crippen molar-refractivity contribution < 1.29 is 0 Å². The monoisotopic (exact) mass is 273 g/mol. The molecular weight excluding hydrogens is 254 g/mol. The molecule has 0 saturated carbocycles. The van der Waals surface area contributed by atoms with Crippen molar-refractivity contribution in [3.63, 3.8) is 0 Å². The van der Waals surface area contributed by atoms with E-state index in [0.29, 0.717) is 0 Å². The molecule has 0 amide bonds. The number of fused-ring (bicyclic) bond motifs is 3. The first-order valence-corrected chi connectivity index (χ1v) is 7.64. The van der Waals surface area contributed by atoms with E-state index in [1.807, 2.05) is 6.92 Å². The zero-order valence-corrected chi connectivity index (χ0v) is 12.5. The zero-order chi connectivity index (χ0) is 13.4. The summed E-state index contributed by atoms with van der Waals surface area (Å²) in [5.74, 6) is 1.79. The van der Waals surface area contributed by atoms with E-state index in [2.05, 4.69) is 41.3 Å². The van der Waals surface area contributed by atoms with Crippen molar-refractivity contribution in [2.24, 2.45) is 10.9 Å². The molecule has 0 aromatic carbocycles. The van der Waals surface area contributed by atoms with Gasteiger partial charge >= 0.3 is 0 Å². The van der Waals surface area contributed by atoms with E-state index >= 15 is 0 Å². The lowest BCUT2D eigenvalue weighted by atomic mass is 10.1. The van der Waals surface area contributed by atoms with Gasteiger partial charge in [0, 0.05) is 23.2 Å². The van der Waals surface area contributed by atoms with Crippen LogP contribution in [0.5, 0.6) is 0 Å². The summed E-state index contributed by atoms with van der Waals surface area (Å²) in [5.41, 5.74) is 2.43. The second kappa shape index (κ2) is 4.93. The first kappa shape index (κ1) is 12.6. The van der Waals surface area contributed by atoms with Gasteiger partial charge in [0.25, 0.3) is 0 Å². The van der Waals surface area contributed by atoms with Crippen LogP contribution in [0.1, 0.15) is 36.4 Å². The predicted octanol–water partition coefficient (Wildman–Crippen LogP) is 3.50. The van der Waals surface area contributed by atoms with Gasteiger partial charge in [-0.25, -0.2) is 4.98 Å². The smallest absolute Gasteiger partial charge is 0.139 e. The topological polar surface area (TPSA) is 37.3 Å². The molecule has 0 bridgehead atoms. The summed E-state index contributed by atoms with van der Waals surface area (Å²) in [6.45, 7) is 8.33. The molecule has 0 radical (unpaired) electrons. The number of pyridine rings is 1. The Hall–Kier alpha value is -1.42. The first-order chi connectivity index (χ1) is 9.15. The number of aryl methyl sites for hydroxylation is 1. The van der Waals surface area contributed by atoms with Gasteiger partial charge in [0.15, 0.2) is 0 Å². The van der Waals surface area contributed by atoms with E-state index in [1.165, 1.54) is 22.2 Å². The molecule has 3 heterocycles. The molecule has 100 valence electrons. The van der Waals surface area contributed by atoms with E-state index < -0.39 is 0 Å². The van der Waals surface area contributed by atoms with Crippen molar-refractivity contribution >= 4 is 27.4 Å². The fourth-order valence-electron chi connectivity index (χ4n) is 2.31. The van der Waals surface area contributed by atoms with E-state index in [0.717, 1.165) is 35.4 Å². The van der Waals surface area contributed by atoms with Crippen molar-refractivity contribution in [3.05, 3.63) is 28.3 Å². The highest BCUT2D eigenvalue weighted by atomic mass is 32.1. The minimum atomic E-state index is 0.723. The van der Waals surface area contributed by atoms with Crippen LogP contribution >= 0.6 is 11.3 Å². The molecule has 2 aromatic rings. The van der Waals surface area contributed by atoms with Gasteiger partial charge in [-0.1, -0.05) is 13.8 Å². The molecule has 0 fully saturated rings. The quantitative estimate of drug-likeness (QED) is 0.929. The van der Waals surface area contributed by atoms with Crippen LogP contribution < -0.4 is 5.32 Å². The summed E-state index contributed by atoms with van der Waals surface area (Å²) in [5, 5.41) is 4.75. The van der Waals surface area contributed by atoms with Gasteiger partial charge in [-0.3, -0.25) is 4.99 Å². The van der Waals surface area contributed by atoms with Gasteiger partial charge in [-0.15, -0.1) is 11.3 Å². The van der Waals surface area contributed by atoms with Crippen LogP contribution in [0.2, 0.25) is 0 Å². The largest absolute Gasteiger partial charge is 0.369 e. The zero-order valence-electron chi connectivity index (χ0n) is 11.7. The maximum absolute atomic E-state index is 4.62. The summed E-state index contributed by atoms with van der Waals surface area (Å²) in [6.07, 6.45) is 1.18. The number of aliphatic imine (C=N–C) groups is 1. The summed E-state index contributed by atoms with van der Waals surface area (Å²) in [4.78, 5) is 11.7. The predicted molar refractivity (Wildman–Crippen MR) is 82.1 cm³/mol. The fourth-order valence-corrected chi connectivity index (χ4v) is 3.53. The van der Waals surface area contributed by atoms with Gasteiger partial charge in [0.2, 0.25) is 0 Å². The highest BCUT2D eigenvalue weighted by molar-refractivity contribution is 7.20. The number of nitrogens with one attached hydrogen (secondary N) is 1. The van der Waals surface area contributed by atoms with Crippen LogP contribution in [-0.2, 0) is 6.54 Å². The highest BCUT2D eigenvalue weighted by Gasteiger charge is 2.22. The molecule has 0 aliphatic carbocycles. The van der Waals surface area contributed by atoms with Crippen molar-refractivity contribution in [3.8, 4) is 0 Å². The highest BCUT2D eigenvalue weighted by Crippen LogP contribution is 2.34. The van der Waals surface area contributed by atoms with Crippen LogP contribution in [0.25, 0.3) is 10.2 Å². The molecule has 1 N–H and O–H groups in total. The number of nitrogens with zero attached hydrogens (tertiary/aromatic N) is 2. The van der Waals surface area contributed by atoms with Crippen molar-refractivity contribution in [2.45, 2.75) is 33.7 Å². The van der Waals surface area contributed by atoms with E-state index in [9.17, 15) is 0 Å². The maximum Gasteiger partial charge on any atom is 0.139 e. The summed E-state index contributed by atoms with van der Waals surface area (Å²) >= 11 is 1.76. The molecule has 19 heavy (non-hydrogen) atoms. The van der Waals surface area contributed by atoms with E-state index in [1.54, 1.807) is 11.3 Å². The molecule has 4 heteroatoms. The van der Waals surface area contributed by atoms with Gasteiger partial charge in [-0.2, -0.15) is 0 Å². The molecule has 1 aliphatic heterocycles. The third-order valence-corrected chi connectivity index (χ3v) is 4.57. The molecule has 0 spiro atoms. The molecule has 0 unspecified atom stereocenters. The number of hydrogen-bond acceptors (Lipinski definition) is 4. The standard InChI is InChI=1S/C15H19N3S/c1-9(2)6-7-16-14-13-12(8-17-14)11-5-4-10(3)18-15(11)19-13/h4-5,9H,6-8H2,1-3H3,(H,16,17). The lowest BCUT2D eigenvalue weighted by Gasteiger charge is -2.07. The average Bonchev–Trinajstić information content (AvgIpc) is 2.88. The Kier molecular flexibility index (Phi) is 3.27. The fraction of sp³-hybridized carbons (Fsp3) is 0.467. The maximum atomic E-state index is 4.62. The van der Waals surface area contributed by atoms with Crippen LogP contribution in [-0.4, -0.2) is 17.4 Å². The summed E-state index contributed by atoms with van der Waals surface area (Å²) in [7, 11) is 0. The second-order valence-corrected chi connectivity index (χ2v) is 6.49. The molecule has 2 aromatic heterocycles. The van der Waals surface area contributed by atoms with Crippen molar-refractivity contribution in [2.75, 3.05) is 6.54 Å². The minimum absolute atomic E-state index is 0.723. The summed E-state index contributed by atoms with van der Waals surface area (Å²) in [6, 6.07) is 4.26. The number of amidine groups is 1. The third kappa shape index (κ3) is 2.37. The molecule has 3 rings (SSSR count). The van der Waals surface area contributed by atoms with Gasteiger partial charge in [-0.05, 0) is 31.4 Å². The number of rotatable bonds is 3. The molecule has 3 nitrogen and oxygen atoms in total. The Morgan fingerprint density at radius 3 is 3.00 bits per heavy atom. The Balaban J connectivity index is 1.85. The summed E-state index contributed by atoms with van der Waals surface area (Å²) < 4.78 is 0. The first-order valence-electron chi connectivity index (χ1n) is 6.83. The lowest BCUT2D eigenvalue weighted by molar-refractivity contribution is 0.578. The van der Waals surface area contributed by atoms with Crippen LogP contribution in [0.15, 0.2) is 17.1 Å². The van der Waals surface area contributed by atoms with Crippen molar-refractivity contribution in [1.82, 2.24) is 10.3 Å². The number of thiophene rings is 1. The number of hydrogen-bond donors (Lipinski definition) is 1. The molecule has 1 aliphatic rings. The normalized spacial score (nSPS) is 14.0.